The molecule has 0 bridgehead atoms. The summed E-state index contributed by atoms with van der Waals surface area (Å²) < 4.78 is 0. The van der Waals surface area contributed by atoms with Crippen LogP contribution in [0, 0.1) is 0 Å². The fourth-order valence-corrected chi connectivity index (χ4v) is 4.03. The molecule has 0 aromatic heterocycles. The van der Waals surface area contributed by atoms with E-state index in [0.717, 1.165) is 36.8 Å². The number of rotatable bonds is 4. The largest absolute Gasteiger partial charge is 0.507 e. The van der Waals surface area contributed by atoms with E-state index in [9.17, 15) is 10.2 Å². The molecule has 0 spiro atoms. The Bertz CT molecular complexity index is 914. The van der Waals surface area contributed by atoms with Gasteiger partial charge in [-0.25, -0.2) is 0 Å². The van der Waals surface area contributed by atoms with Crippen LogP contribution in [0.1, 0.15) is 89.5 Å². The lowest BCUT2D eigenvalue weighted by Gasteiger charge is -2.24. The first-order valence-electron chi connectivity index (χ1n) is 11.7. The second-order valence-corrected chi connectivity index (χ2v) is 11.1. The summed E-state index contributed by atoms with van der Waals surface area (Å²) in [6, 6.07) is 11.9. The fourth-order valence-electron chi connectivity index (χ4n) is 4.03. The topological polar surface area (TPSA) is 65.2 Å². The van der Waals surface area contributed by atoms with Gasteiger partial charge in [-0.1, -0.05) is 53.7 Å². The van der Waals surface area contributed by atoms with Gasteiger partial charge in [-0.15, -0.1) is 0 Å². The Kier molecular flexibility index (Phi) is 7.12. The molecule has 2 aromatic carbocycles. The first kappa shape index (κ1) is 24.0. The van der Waals surface area contributed by atoms with Gasteiger partial charge < -0.3 is 10.2 Å². The van der Waals surface area contributed by atoms with Crippen molar-refractivity contribution in [1.29, 1.82) is 0 Å². The number of nitrogens with zero attached hydrogens (tertiary/aromatic N) is 2. The average molecular weight is 435 g/mol. The van der Waals surface area contributed by atoms with Gasteiger partial charge in [0.25, 0.3) is 0 Å². The molecule has 1 saturated carbocycles. The lowest BCUT2D eigenvalue weighted by Crippen LogP contribution is -2.21. The molecule has 1 aliphatic rings. The van der Waals surface area contributed by atoms with Gasteiger partial charge in [-0.3, -0.25) is 9.98 Å². The zero-order valence-electron chi connectivity index (χ0n) is 20.4. The van der Waals surface area contributed by atoms with Crippen molar-refractivity contribution in [1.82, 2.24) is 0 Å². The van der Waals surface area contributed by atoms with E-state index in [1.807, 2.05) is 36.7 Å². The summed E-state index contributed by atoms with van der Waals surface area (Å²) in [5, 5.41) is 20.5. The van der Waals surface area contributed by atoms with Gasteiger partial charge in [0.2, 0.25) is 0 Å². The fraction of sp³-hybridized carbons (Fsp3) is 0.500. The first-order valence-corrected chi connectivity index (χ1v) is 11.7. The maximum atomic E-state index is 10.3. The molecular formula is C28H38N2O2. The van der Waals surface area contributed by atoms with Gasteiger partial charge in [-0.2, -0.15) is 0 Å². The van der Waals surface area contributed by atoms with Crippen LogP contribution in [0.3, 0.4) is 0 Å². The molecule has 1 fully saturated rings. The Hall–Kier alpha value is -2.62. The Labute approximate surface area is 193 Å². The van der Waals surface area contributed by atoms with E-state index in [4.69, 9.17) is 9.98 Å². The predicted molar refractivity (Wildman–Crippen MR) is 135 cm³/mol. The van der Waals surface area contributed by atoms with Crippen LogP contribution >= 0.6 is 0 Å². The van der Waals surface area contributed by atoms with E-state index in [1.54, 1.807) is 12.1 Å². The lowest BCUT2D eigenvalue weighted by molar-refractivity contribution is 0.397. The van der Waals surface area contributed by atoms with Crippen LogP contribution in [-0.2, 0) is 10.8 Å². The van der Waals surface area contributed by atoms with Crippen LogP contribution in [0.15, 0.2) is 46.4 Å². The molecule has 4 heteroatoms. The van der Waals surface area contributed by atoms with Crippen LogP contribution in [0.5, 0.6) is 11.5 Å². The Balaban J connectivity index is 1.70. The monoisotopic (exact) mass is 434 g/mol. The van der Waals surface area contributed by atoms with E-state index >= 15 is 0 Å². The highest BCUT2D eigenvalue weighted by molar-refractivity contribution is 5.84. The molecule has 0 heterocycles. The van der Waals surface area contributed by atoms with Crippen molar-refractivity contribution in [2.45, 2.75) is 90.1 Å². The van der Waals surface area contributed by atoms with Crippen molar-refractivity contribution in [3.8, 4) is 11.5 Å². The van der Waals surface area contributed by atoms with Crippen molar-refractivity contribution in [2.24, 2.45) is 9.98 Å². The number of aromatic hydroxyl groups is 2. The van der Waals surface area contributed by atoms with Crippen molar-refractivity contribution in [3.63, 3.8) is 0 Å². The molecule has 0 aliphatic heterocycles. The Morgan fingerprint density at radius 1 is 0.719 bits per heavy atom. The van der Waals surface area contributed by atoms with Crippen LogP contribution < -0.4 is 0 Å². The van der Waals surface area contributed by atoms with E-state index < -0.39 is 0 Å². The van der Waals surface area contributed by atoms with Crippen LogP contribution in [-0.4, -0.2) is 34.7 Å². The van der Waals surface area contributed by atoms with Gasteiger partial charge in [0, 0.05) is 23.6 Å². The Morgan fingerprint density at radius 2 is 1.12 bits per heavy atom. The van der Waals surface area contributed by atoms with E-state index in [1.165, 1.54) is 11.1 Å². The van der Waals surface area contributed by atoms with Crippen molar-refractivity contribution < 1.29 is 10.2 Å². The zero-order valence-corrected chi connectivity index (χ0v) is 20.4. The van der Waals surface area contributed by atoms with Crippen LogP contribution in [0.2, 0.25) is 0 Å². The molecule has 0 amide bonds. The van der Waals surface area contributed by atoms with Gasteiger partial charge in [0.15, 0.2) is 0 Å². The third-order valence-corrected chi connectivity index (χ3v) is 6.25. The number of phenols is 2. The van der Waals surface area contributed by atoms with Gasteiger partial charge in [0.1, 0.15) is 11.5 Å². The highest BCUT2D eigenvalue weighted by Crippen LogP contribution is 2.29. The minimum Gasteiger partial charge on any atom is -0.507 e. The predicted octanol–water partition coefficient (Wildman–Crippen LogP) is 6.54. The highest BCUT2D eigenvalue weighted by atomic mass is 16.3. The molecular weight excluding hydrogens is 396 g/mol. The van der Waals surface area contributed by atoms with Gasteiger partial charge >= 0.3 is 0 Å². The SMILES string of the molecule is CC(C)(C)c1ccc(O)c(C=NC2CCCC(N=Cc3cc(C(C)(C)C)ccc3O)C2)c1. The van der Waals surface area contributed by atoms with Crippen molar-refractivity contribution in [2.75, 3.05) is 0 Å². The standard InChI is InChI=1S/C28H38N2O2/c1-27(2,3)21-10-12-25(31)19(14-21)17-29-23-8-7-9-24(16-23)30-18-20-15-22(28(4,5)6)11-13-26(20)32/h10-15,17-18,23-24,31-32H,7-9,16H2,1-6H3. The molecule has 2 unspecified atom stereocenters. The maximum absolute atomic E-state index is 10.3. The van der Waals surface area contributed by atoms with E-state index in [0.29, 0.717) is 0 Å². The minimum absolute atomic E-state index is 0.0246. The summed E-state index contributed by atoms with van der Waals surface area (Å²) in [6.07, 6.45) is 7.67. The summed E-state index contributed by atoms with van der Waals surface area (Å²) in [7, 11) is 0. The lowest BCUT2D eigenvalue weighted by atomic mass is 9.86. The number of hydrogen-bond donors (Lipinski definition) is 2. The molecule has 2 aromatic rings. The smallest absolute Gasteiger partial charge is 0.124 e. The number of phenolic OH excluding ortho intramolecular Hbond substituents is 2. The number of hydrogen-bond acceptors (Lipinski definition) is 4. The minimum atomic E-state index is 0.0246. The summed E-state index contributed by atoms with van der Waals surface area (Å²) in [6.45, 7) is 13.0. The second-order valence-electron chi connectivity index (χ2n) is 11.1. The Morgan fingerprint density at radius 3 is 1.50 bits per heavy atom. The number of aliphatic imine (C=N–C) groups is 2. The molecule has 32 heavy (non-hydrogen) atoms. The highest BCUT2D eigenvalue weighted by Gasteiger charge is 2.21. The normalized spacial score (nSPS) is 20.3. The molecule has 3 rings (SSSR count). The summed E-state index contributed by atoms with van der Waals surface area (Å²) in [5.41, 5.74) is 3.95. The molecule has 4 nitrogen and oxygen atoms in total. The van der Waals surface area contributed by atoms with Crippen molar-refractivity contribution in [3.05, 3.63) is 58.7 Å². The molecule has 2 atom stereocenters. The third-order valence-electron chi connectivity index (χ3n) is 6.25. The summed E-state index contributed by atoms with van der Waals surface area (Å²) >= 11 is 0. The molecule has 0 radical (unpaired) electrons. The van der Waals surface area contributed by atoms with Gasteiger partial charge in [-0.05, 0) is 71.9 Å². The molecule has 172 valence electrons. The van der Waals surface area contributed by atoms with E-state index in [-0.39, 0.29) is 34.4 Å². The zero-order chi connectivity index (χ0) is 23.5. The van der Waals surface area contributed by atoms with E-state index in [2.05, 4.69) is 41.5 Å². The average Bonchev–Trinajstić information content (AvgIpc) is 2.71. The van der Waals surface area contributed by atoms with Crippen molar-refractivity contribution >= 4 is 12.4 Å². The summed E-state index contributed by atoms with van der Waals surface area (Å²) in [4.78, 5) is 9.60. The quantitative estimate of drug-likeness (QED) is 0.536. The number of benzene rings is 2. The maximum Gasteiger partial charge on any atom is 0.124 e. The molecule has 0 saturated heterocycles. The van der Waals surface area contributed by atoms with Crippen LogP contribution in [0.25, 0.3) is 0 Å². The summed E-state index contributed by atoms with van der Waals surface area (Å²) in [5.74, 6) is 0.530. The van der Waals surface area contributed by atoms with Crippen LogP contribution in [0.4, 0.5) is 0 Å². The third kappa shape index (κ3) is 6.21. The van der Waals surface area contributed by atoms with Gasteiger partial charge in [0.05, 0.1) is 12.1 Å². The second kappa shape index (κ2) is 9.48. The first-order chi connectivity index (χ1) is 14.9. The molecule has 2 N–H and O–H groups in total. The molecule has 1 aliphatic carbocycles.